The summed E-state index contributed by atoms with van der Waals surface area (Å²) in [5, 5.41) is 3.40. The molecule has 0 radical (unpaired) electrons. The molecule has 0 amide bonds. The Labute approximate surface area is 111 Å². The molecule has 1 aromatic carbocycles. The third kappa shape index (κ3) is 2.33. The highest BCUT2D eigenvalue weighted by molar-refractivity contribution is 7.15. The first-order chi connectivity index (χ1) is 8.78. The number of halogens is 1. The monoisotopic (exact) mass is 261 g/mol. The van der Waals surface area contributed by atoms with Crippen molar-refractivity contribution in [3.63, 3.8) is 0 Å². The smallest absolute Gasteiger partial charge is 0.123 e. The van der Waals surface area contributed by atoms with E-state index in [1.54, 1.807) is 0 Å². The Morgan fingerprint density at radius 2 is 1.89 bits per heavy atom. The quantitative estimate of drug-likeness (QED) is 0.868. The number of hydrogen-bond acceptors (Lipinski definition) is 2. The number of rotatable bonds is 4. The van der Waals surface area contributed by atoms with Crippen LogP contribution in [0.5, 0.6) is 0 Å². The van der Waals surface area contributed by atoms with Gasteiger partial charge in [0.2, 0.25) is 0 Å². The first kappa shape index (κ1) is 11.9. The summed E-state index contributed by atoms with van der Waals surface area (Å²) in [5.74, 6) is 0.622. The second-order valence-electron chi connectivity index (χ2n) is 4.81. The molecule has 3 heteroatoms. The standard InChI is InChI=1S/C15H16FNS/c1-17-15(11-2-3-11)14-9-8-13(18-14)10-4-6-12(16)7-5-10/h4-9,11,15,17H,2-3H2,1H3. The molecular formula is C15H16FNS. The molecule has 94 valence electrons. The van der Waals surface area contributed by atoms with Gasteiger partial charge in [-0.1, -0.05) is 12.1 Å². The topological polar surface area (TPSA) is 12.0 Å². The average Bonchev–Trinajstić information content (AvgIpc) is 3.09. The summed E-state index contributed by atoms with van der Waals surface area (Å²) in [5.41, 5.74) is 1.10. The van der Waals surface area contributed by atoms with Gasteiger partial charge >= 0.3 is 0 Å². The van der Waals surface area contributed by atoms with Crippen molar-refractivity contribution in [2.75, 3.05) is 7.05 Å². The van der Waals surface area contributed by atoms with E-state index in [-0.39, 0.29) is 5.82 Å². The van der Waals surface area contributed by atoms with Crippen LogP contribution in [0, 0.1) is 11.7 Å². The van der Waals surface area contributed by atoms with Crippen LogP contribution in [0.2, 0.25) is 0 Å². The van der Waals surface area contributed by atoms with Crippen LogP contribution in [0.25, 0.3) is 10.4 Å². The largest absolute Gasteiger partial charge is 0.312 e. The van der Waals surface area contributed by atoms with Gasteiger partial charge in [-0.25, -0.2) is 4.39 Å². The van der Waals surface area contributed by atoms with Crippen molar-refractivity contribution in [1.29, 1.82) is 0 Å². The molecular weight excluding hydrogens is 245 g/mol. The van der Waals surface area contributed by atoms with Crippen LogP contribution in [-0.4, -0.2) is 7.05 Å². The zero-order valence-corrected chi connectivity index (χ0v) is 11.1. The molecule has 3 rings (SSSR count). The van der Waals surface area contributed by atoms with Crippen molar-refractivity contribution in [2.45, 2.75) is 18.9 Å². The van der Waals surface area contributed by atoms with Crippen LogP contribution in [0.15, 0.2) is 36.4 Å². The molecule has 1 unspecified atom stereocenters. The predicted molar refractivity (Wildman–Crippen MR) is 74.2 cm³/mol. The molecule has 18 heavy (non-hydrogen) atoms. The summed E-state index contributed by atoms with van der Waals surface area (Å²) in [4.78, 5) is 2.60. The maximum atomic E-state index is 12.9. The van der Waals surface area contributed by atoms with Crippen molar-refractivity contribution >= 4 is 11.3 Å². The summed E-state index contributed by atoms with van der Waals surface area (Å²) >= 11 is 1.81. The lowest BCUT2D eigenvalue weighted by molar-refractivity contribution is 0.537. The molecule has 1 aromatic heterocycles. The van der Waals surface area contributed by atoms with Crippen molar-refractivity contribution in [3.05, 3.63) is 47.1 Å². The third-order valence-electron chi connectivity index (χ3n) is 3.47. The Morgan fingerprint density at radius 1 is 1.17 bits per heavy atom. The summed E-state index contributed by atoms with van der Waals surface area (Å²) < 4.78 is 12.9. The number of benzene rings is 1. The fourth-order valence-electron chi connectivity index (χ4n) is 2.33. The zero-order valence-electron chi connectivity index (χ0n) is 10.3. The lowest BCUT2D eigenvalue weighted by Gasteiger charge is -2.12. The van der Waals surface area contributed by atoms with Gasteiger partial charge in [0.25, 0.3) is 0 Å². The van der Waals surface area contributed by atoms with Gasteiger partial charge in [0, 0.05) is 15.8 Å². The van der Waals surface area contributed by atoms with Gasteiger partial charge in [-0.3, -0.25) is 0 Å². The summed E-state index contributed by atoms with van der Waals surface area (Å²) in [6.07, 6.45) is 2.66. The second-order valence-corrected chi connectivity index (χ2v) is 5.93. The molecule has 1 nitrogen and oxygen atoms in total. The van der Waals surface area contributed by atoms with Crippen LogP contribution >= 0.6 is 11.3 Å². The Bertz CT molecular complexity index is 528. The van der Waals surface area contributed by atoms with Gasteiger partial charge < -0.3 is 5.32 Å². The van der Waals surface area contributed by atoms with Gasteiger partial charge in [0.1, 0.15) is 5.82 Å². The summed E-state index contributed by atoms with van der Waals surface area (Å²) in [6, 6.07) is 11.6. The molecule has 0 saturated heterocycles. The molecule has 1 aliphatic carbocycles. The molecule has 1 aliphatic rings. The maximum absolute atomic E-state index is 12.9. The van der Waals surface area contributed by atoms with Crippen LogP contribution in [-0.2, 0) is 0 Å². The molecule has 1 atom stereocenters. The van der Waals surface area contributed by atoms with Crippen molar-refractivity contribution < 1.29 is 4.39 Å². The van der Waals surface area contributed by atoms with Crippen LogP contribution in [0.1, 0.15) is 23.8 Å². The second kappa shape index (κ2) is 4.82. The molecule has 0 aliphatic heterocycles. The molecule has 1 heterocycles. The van der Waals surface area contributed by atoms with Crippen LogP contribution < -0.4 is 5.32 Å². The minimum atomic E-state index is -0.179. The van der Waals surface area contributed by atoms with Gasteiger partial charge in [-0.05, 0) is 55.6 Å². The van der Waals surface area contributed by atoms with E-state index < -0.39 is 0 Å². The van der Waals surface area contributed by atoms with Gasteiger partial charge in [0.15, 0.2) is 0 Å². The molecule has 1 N–H and O–H groups in total. The van der Waals surface area contributed by atoms with E-state index in [9.17, 15) is 4.39 Å². The van der Waals surface area contributed by atoms with Crippen LogP contribution in [0.4, 0.5) is 4.39 Å². The number of nitrogens with one attached hydrogen (secondary N) is 1. The lowest BCUT2D eigenvalue weighted by atomic mass is 10.1. The van der Waals surface area contributed by atoms with Gasteiger partial charge in [-0.15, -0.1) is 11.3 Å². The zero-order chi connectivity index (χ0) is 12.5. The fraction of sp³-hybridized carbons (Fsp3) is 0.333. The minimum Gasteiger partial charge on any atom is -0.312 e. The first-order valence-electron chi connectivity index (χ1n) is 6.31. The summed E-state index contributed by atoms with van der Waals surface area (Å²) in [6.45, 7) is 0. The molecule has 1 saturated carbocycles. The predicted octanol–water partition coefficient (Wildman–Crippen LogP) is 4.22. The minimum absolute atomic E-state index is 0.179. The number of thiophene rings is 1. The number of hydrogen-bond donors (Lipinski definition) is 1. The third-order valence-corrected chi connectivity index (χ3v) is 4.68. The van der Waals surface area contributed by atoms with Gasteiger partial charge in [-0.2, -0.15) is 0 Å². The Hall–Kier alpha value is -1.19. The van der Waals surface area contributed by atoms with Gasteiger partial charge in [0.05, 0.1) is 0 Å². The molecule has 0 bridgehead atoms. The van der Waals surface area contributed by atoms with E-state index >= 15 is 0 Å². The average molecular weight is 261 g/mol. The van der Waals surface area contributed by atoms with E-state index in [1.807, 2.05) is 30.5 Å². The maximum Gasteiger partial charge on any atom is 0.123 e. The van der Waals surface area contributed by atoms with Crippen molar-refractivity contribution in [1.82, 2.24) is 5.32 Å². The Balaban J connectivity index is 1.86. The highest BCUT2D eigenvalue weighted by Crippen LogP contribution is 2.43. The van der Waals surface area contributed by atoms with E-state index in [1.165, 1.54) is 34.7 Å². The normalized spacial score (nSPS) is 16.8. The van der Waals surface area contributed by atoms with Crippen molar-refractivity contribution in [3.8, 4) is 10.4 Å². The molecule has 0 spiro atoms. The highest BCUT2D eigenvalue weighted by Gasteiger charge is 2.32. The van der Waals surface area contributed by atoms with E-state index in [0.29, 0.717) is 6.04 Å². The fourth-order valence-corrected chi connectivity index (χ4v) is 3.55. The molecule has 2 aromatic rings. The Kier molecular flexibility index (Phi) is 3.18. The SMILES string of the molecule is CNC(c1ccc(-c2ccc(F)cc2)s1)C1CC1. The van der Waals surface area contributed by atoms with E-state index in [2.05, 4.69) is 17.4 Å². The highest BCUT2D eigenvalue weighted by atomic mass is 32.1. The summed E-state index contributed by atoms with van der Waals surface area (Å²) in [7, 11) is 2.03. The van der Waals surface area contributed by atoms with E-state index in [4.69, 9.17) is 0 Å². The lowest BCUT2D eigenvalue weighted by Crippen LogP contribution is -2.16. The van der Waals surface area contributed by atoms with E-state index in [0.717, 1.165) is 11.5 Å². The van der Waals surface area contributed by atoms with Crippen LogP contribution in [0.3, 0.4) is 0 Å². The molecule has 1 fully saturated rings. The Morgan fingerprint density at radius 3 is 2.50 bits per heavy atom. The van der Waals surface area contributed by atoms with Crippen molar-refractivity contribution in [2.24, 2.45) is 5.92 Å². The first-order valence-corrected chi connectivity index (χ1v) is 7.12.